The third-order valence-corrected chi connectivity index (χ3v) is 4.17. The van der Waals surface area contributed by atoms with Crippen LogP contribution in [0.5, 0.6) is 0 Å². The number of aromatic amines is 1. The van der Waals surface area contributed by atoms with E-state index in [1.54, 1.807) is 18.3 Å². The number of aromatic nitrogens is 1. The van der Waals surface area contributed by atoms with Crippen LogP contribution in [-0.4, -0.2) is 33.9 Å². The van der Waals surface area contributed by atoms with Crippen LogP contribution >= 0.6 is 0 Å². The Balaban J connectivity index is 1.73. The number of carbonyl (C=O) groups excluding carboxylic acids is 2. The molecule has 0 aliphatic rings. The summed E-state index contributed by atoms with van der Waals surface area (Å²) >= 11 is 0. The predicted octanol–water partition coefficient (Wildman–Crippen LogP) is 2.55. The van der Waals surface area contributed by atoms with Gasteiger partial charge in [0.1, 0.15) is 6.04 Å². The molecule has 0 bridgehead atoms. The number of hydrogen-bond acceptors (Lipinski definition) is 3. The number of anilines is 1. The van der Waals surface area contributed by atoms with Crippen LogP contribution in [0.1, 0.15) is 22.8 Å². The van der Waals surface area contributed by atoms with E-state index in [1.165, 1.54) is 19.1 Å². The molecule has 1 aromatic heterocycles. The molecule has 1 heterocycles. The quantitative estimate of drug-likeness (QED) is 0.538. The fourth-order valence-corrected chi connectivity index (χ4v) is 2.87. The number of benzene rings is 2. The van der Waals surface area contributed by atoms with E-state index in [1.807, 2.05) is 24.3 Å². The second-order valence-electron chi connectivity index (χ2n) is 6.19. The summed E-state index contributed by atoms with van der Waals surface area (Å²) in [5.41, 5.74) is 2.61. The predicted molar refractivity (Wildman–Crippen MR) is 102 cm³/mol. The minimum absolute atomic E-state index is 0.162. The Morgan fingerprint density at radius 1 is 1.07 bits per heavy atom. The number of amides is 2. The fourth-order valence-electron chi connectivity index (χ4n) is 2.87. The molecule has 7 heteroatoms. The number of fused-ring (bicyclic) bond motifs is 1. The summed E-state index contributed by atoms with van der Waals surface area (Å²) in [5.74, 6) is -1.81. The van der Waals surface area contributed by atoms with Gasteiger partial charge in [-0.15, -0.1) is 0 Å². The number of nitrogens with one attached hydrogen (secondary N) is 3. The number of aliphatic carboxylic acids is 1. The van der Waals surface area contributed by atoms with Crippen molar-refractivity contribution in [2.45, 2.75) is 19.4 Å². The van der Waals surface area contributed by atoms with Crippen LogP contribution in [0.15, 0.2) is 54.7 Å². The van der Waals surface area contributed by atoms with E-state index in [0.29, 0.717) is 11.3 Å². The van der Waals surface area contributed by atoms with Gasteiger partial charge in [-0.05, 0) is 35.9 Å². The Bertz CT molecular complexity index is 992. The summed E-state index contributed by atoms with van der Waals surface area (Å²) in [6, 6.07) is 12.8. The Labute approximate surface area is 155 Å². The van der Waals surface area contributed by atoms with Crippen LogP contribution < -0.4 is 10.6 Å². The first-order valence-electron chi connectivity index (χ1n) is 8.40. The van der Waals surface area contributed by atoms with Gasteiger partial charge in [0.25, 0.3) is 5.91 Å². The minimum atomic E-state index is -1.11. The Morgan fingerprint density at radius 3 is 2.44 bits per heavy atom. The third kappa shape index (κ3) is 4.33. The molecule has 0 aliphatic heterocycles. The standard InChI is InChI=1S/C20H19N3O4/c1-12(24)22-15-8-6-13(7-9-15)19(25)23-18(20(26)27)10-14-11-21-17-5-3-2-4-16(14)17/h2-9,11,18,21H,10H2,1H3,(H,22,24)(H,23,25)(H,26,27)/t18-/m0/s1. The van der Waals surface area contributed by atoms with Crippen molar-refractivity contribution >= 4 is 34.4 Å². The first-order chi connectivity index (χ1) is 12.9. The molecule has 1 atom stereocenters. The highest BCUT2D eigenvalue weighted by Crippen LogP contribution is 2.19. The maximum atomic E-state index is 12.4. The SMILES string of the molecule is CC(=O)Nc1ccc(C(=O)N[C@@H](Cc2c[nH]c3ccccc23)C(=O)O)cc1. The number of para-hydroxylation sites is 1. The number of carboxylic acids is 1. The molecular formula is C20H19N3O4. The van der Waals surface area contributed by atoms with E-state index < -0.39 is 17.9 Å². The topological polar surface area (TPSA) is 111 Å². The van der Waals surface area contributed by atoms with Crippen LogP contribution in [-0.2, 0) is 16.0 Å². The van der Waals surface area contributed by atoms with Gasteiger partial charge in [-0.3, -0.25) is 9.59 Å². The summed E-state index contributed by atoms with van der Waals surface area (Å²) in [6.07, 6.45) is 1.92. The van der Waals surface area contributed by atoms with Crippen LogP contribution in [0.25, 0.3) is 10.9 Å². The lowest BCUT2D eigenvalue weighted by Gasteiger charge is -2.14. The van der Waals surface area contributed by atoms with Crippen molar-refractivity contribution in [1.82, 2.24) is 10.3 Å². The van der Waals surface area contributed by atoms with Crippen LogP contribution in [0.2, 0.25) is 0 Å². The van der Waals surface area contributed by atoms with E-state index in [2.05, 4.69) is 15.6 Å². The maximum Gasteiger partial charge on any atom is 0.326 e. The molecule has 0 fully saturated rings. The molecule has 0 radical (unpaired) electrons. The van der Waals surface area contributed by atoms with Crippen molar-refractivity contribution in [2.24, 2.45) is 0 Å². The zero-order valence-electron chi connectivity index (χ0n) is 14.7. The fraction of sp³-hybridized carbons (Fsp3) is 0.150. The largest absolute Gasteiger partial charge is 0.480 e. The molecule has 2 amide bonds. The van der Waals surface area contributed by atoms with Crippen molar-refractivity contribution in [2.75, 3.05) is 5.32 Å². The van der Waals surface area contributed by atoms with Crippen LogP contribution in [0, 0.1) is 0 Å². The van der Waals surface area contributed by atoms with E-state index in [0.717, 1.165) is 16.5 Å². The van der Waals surface area contributed by atoms with Crippen molar-refractivity contribution in [3.8, 4) is 0 Å². The van der Waals surface area contributed by atoms with E-state index in [-0.39, 0.29) is 12.3 Å². The smallest absolute Gasteiger partial charge is 0.326 e. The summed E-state index contributed by atoms with van der Waals surface area (Å²) in [4.78, 5) is 38.2. The van der Waals surface area contributed by atoms with Gasteiger partial charge < -0.3 is 20.7 Å². The summed E-state index contributed by atoms with van der Waals surface area (Å²) < 4.78 is 0. The number of carbonyl (C=O) groups is 3. The average Bonchev–Trinajstić information content (AvgIpc) is 3.04. The van der Waals surface area contributed by atoms with Gasteiger partial charge in [0, 0.05) is 41.7 Å². The molecule has 3 rings (SSSR count). The van der Waals surface area contributed by atoms with E-state index >= 15 is 0 Å². The zero-order chi connectivity index (χ0) is 19.4. The van der Waals surface area contributed by atoms with Gasteiger partial charge in [0.15, 0.2) is 0 Å². The number of H-pyrrole nitrogens is 1. The van der Waals surface area contributed by atoms with Crippen molar-refractivity contribution in [1.29, 1.82) is 0 Å². The molecule has 0 unspecified atom stereocenters. The number of carboxylic acid groups (broad SMARTS) is 1. The lowest BCUT2D eigenvalue weighted by Crippen LogP contribution is -2.42. The van der Waals surface area contributed by atoms with Crippen molar-refractivity contribution < 1.29 is 19.5 Å². The molecule has 27 heavy (non-hydrogen) atoms. The first-order valence-corrected chi connectivity index (χ1v) is 8.40. The third-order valence-electron chi connectivity index (χ3n) is 4.17. The van der Waals surface area contributed by atoms with Gasteiger partial charge in [-0.25, -0.2) is 4.79 Å². The molecule has 2 aromatic carbocycles. The van der Waals surface area contributed by atoms with Crippen molar-refractivity contribution in [3.05, 3.63) is 65.9 Å². The maximum absolute atomic E-state index is 12.4. The van der Waals surface area contributed by atoms with Crippen molar-refractivity contribution in [3.63, 3.8) is 0 Å². The highest BCUT2D eigenvalue weighted by atomic mass is 16.4. The minimum Gasteiger partial charge on any atom is -0.480 e. The highest BCUT2D eigenvalue weighted by Gasteiger charge is 2.22. The van der Waals surface area contributed by atoms with E-state index in [4.69, 9.17) is 0 Å². The molecule has 4 N–H and O–H groups in total. The molecule has 0 saturated heterocycles. The van der Waals surface area contributed by atoms with Gasteiger partial charge in [-0.2, -0.15) is 0 Å². The second kappa shape index (κ2) is 7.74. The molecule has 0 spiro atoms. The van der Waals surface area contributed by atoms with Gasteiger partial charge >= 0.3 is 5.97 Å². The molecule has 3 aromatic rings. The van der Waals surface area contributed by atoms with Crippen LogP contribution in [0.4, 0.5) is 5.69 Å². The summed E-state index contributed by atoms with van der Waals surface area (Å²) in [5, 5.41) is 15.6. The Morgan fingerprint density at radius 2 is 1.78 bits per heavy atom. The molecule has 138 valence electrons. The molecule has 0 saturated carbocycles. The lowest BCUT2D eigenvalue weighted by molar-refractivity contribution is -0.139. The lowest BCUT2D eigenvalue weighted by atomic mass is 10.0. The normalized spacial score (nSPS) is 11.7. The average molecular weight is 365 g/mol. The first kappa shape index (κ1) is 18.2. The molecule has 7 nitrogen and oxygen atoms in total. The van der Waals surface area contributed by atoms with Crippen LogP contribution in [0.3, 0.4) is 0 Å². The number of rotatable bonds is 6. The monoisotopic (exact) mass is 365 g/mol. The highest BCUT2D eigenvalue weighted by molar-refractivity contribution is 5.97. The van der Waals surface area contributed by atoms with Gasteiger partial charge in [0.2, 0.25) is 5.91 Å². The Hall–Kier alpha value is -3.61. The van der Waals surface area contributed by atoms with E-state index in [9.17, 15) is 19.5 Å². The second-order valence-corrected chi connectivity index (χ2v) is 6.19. The number of hydrogen-bond donors (Lipinski definition) is 4. The zero-order valence-corrected chi connectivity index (χ0v) is 14.7. The molecule has 0 aliphatic carbocycles. The van der Waals surface area contributed by atoms with Gasteiger partial charge in [-0.1, -0.05) is 18.2 Å². The van der Waals surface area contributed by atoms with Gasteiger partial charge in [0.05, 0.1) is 0 Å². The Kier molecular flexibility index (Phi) is 5.21. The molecular weight excluding hydrogens is 346 g/mol. The summed E-state index contributed by atoms with van der Waals surface area (Å²) in [7, 11) is 0. The summed E-state index contributed by atoms with van der Waals surface area (Å²) in [6.45, 7) is 1.39.